The normalized spacial score (nSPS) is 12.7. The number of aromatic nitrogens is 2. The zero-order chi connectivity index (χ0) is 24.9. The van der Waals surface area contributed by atoms with Crippen LogP contribution in [0.2, 0.25) is 25.1 Å². The molecule has 2 unspecified atom stereocenters. The molecular weight excluding hydrogens is 629 g/mol. The number of rotatable bonds is 9. The molecule has 4 rings (SSSR count). The molecule has 3 aromatic carbocycles. The van der Waals surface area contributed by atoms with E-state index in [1.54, 1.807) is 42.5 Å². The molecule has 1 aromatic heterocycles. The molecule has 1 heterocycles. The van der Waals surface area contributed by atoms with Crippen LogP contribution in [0.15, 0.2) is 79.4 Å². The molecule has 0 amide bonds. The van der Waals surface area contributed by atoms with E-state index in [0.29, 0.717) is 43.8 Å². The van der Waals surface area contributed by atoms with Gasteiger partial charge in [0, 0.05) is 36.2 Å². The minimum atomic E-state index is -0.673. The van der Waals surface area contributed by atoms with Crippen LogP contribution in [0.1, 0.15) is 28.9 Å². The van der Waals surface area contributed by atoms with Gasteiger partial charge in [0.05, 0.1) is 6.61 Å². The standard InChI is InChI=1S/C26H22Cl5N2O2.BrH/c27-18-6-4-17(5-7-18)25(34)13-32-10-11-33(16-32)14-26(20-9-8-19(28)12-24(20)31)35-15-21-22(29)2-1-3-23(21)30;/h1-12,16,25-26,34H,13-15H2;1H/q+1;/p-1. The van der Waals surface area contributed by atoms with Gasteiger partial charge in [-0.25, -0.2) is 9.13 Å². The molecule has 2 atom stereocenters. The summed E-state index contributed by atoms with van der Waals surface area (Å²) in [6, 6.07) is 17.8. The van der Waals surface area contributed by atoms with Gasteiger partial charge in [0.1, 0.15) is 37.7 Å². The van der Waals surface area contributed by atoms with Gasteiger partial charge in [-0.15, -0.1) is 0 Å². The fourth-order valence-electron chi connectivity index (χ4n) is 3.69. The maximum atomic E-state index is 10.6. The molecule has 0 radical (unpaired) electrons. The first-order valence-corrected chi connectivity index (χ1v) is 12.7. The van der Waals surface area contributed by atoms with E-state index in [2.05, 4.69) is 0 Å². The molecule has 0 aliphatic carbocycles. The second-order valence-electron chi connectivity index (χ2n) is 8.04. The van der Waals surface area contributed by atoms with Crippen molar-refractivity contribution in [3.63, 3.8) is 0 Å². The Morgan fingerprint density at radius 3 is 2.19 bits per heavy atom. The highest BCUT2D eigenvalue weighted by Crippen LogP contribution is 2.32. The first-order valence-electron chi connectivity index (χ1n) is 10.8. The van der Waals surface area contributed by atoms with Crippen LogP contribution in [0, 0.1) is 0 Å². The summed E-state index contributed by atoms with van der Waals surface area (Å²) in [6.45, 7) is 1.06. The molecule has 0 fully saturated rings. The molecule has 190 valence electrons. The van der Waals surface area contributed by atoms with E-state index in [1.165, 1.54) is 0 Å². The third kappa shape index (κ3) is 7.62. The molecule has 36 heavy (non-hydrogen) atoms. The lowest BCUT2D eigenvalue weighted by atomic mass is 10.1. The van der Waals surface area contributed by atoms with Crippen molar-refractivity contribution in [2.75, 3.05) is 0 Å². The first-order chi connectivity index (χ1) is 16.8. The largest absolute Gasteiger partial charge is 1.00 e. The second-order valence-corrected chi connectivity index (χ2v) is 10.1. The molecular formula is C26H22BrCl5N2O2. The highest BCUT2D eigenvalue weighted by atomic mass is 79.9. The molecule has 4 nitrogen and oxygen atoms in total. The smallest absolute Gasteiger partial charge is 0.243 e. The van der Waals surface area contributed by atoms with Crippen molar-refractivity contribution in [1.82, 2.24) is 4.57 Å². The number of benzene rings is 3. The van der Waals surface area contributed by atoms with Crippen molar-refractivity contribution in [1.29, 1.82) is 0 Å². The highest BCUT2D eigenvalue weighted by molar-refractivity contribution is 6.36. The van der Waals surface area contributed by atoms with Gasteiger partial charge in [-0.05, 0) is 42.0 Å². The van der Waals surface area contributed by atoms with Crippen LogP contribution in [0.25, 0.3) is 0 Å². The summed E-state index contributed by atoms with van der Waals surface area (Å²) in [4.78, 5) is 0. The highest BCUT2D eigenvalue weighted by Gasteiger charge is 2.22. The number of hydrogen-bond donors (Lipinski definition) is 1. The van der Waals surface area contributed by atoms with E-state index in [-0.39, 0.29) is 23.6 Å². The quantitative estimate of drug-likeness (QED) is 0.266. The Labute approximate surface area is 245 Å². The van der Waals surface area contributed by atoms with Crippen LogP contribution >= 0.6 is 58.0 Å². The minimum absolute atomic E-state index is 0. The van der Waals surface area contributed by atoms with Crippen LogP contribution < -0.4 is 21.5 Å². The summed E-state index contributed by atoms with van der Waals surface area (Å²) in [7, 11) is 0. The number of imidazole rings is 1. The summed E-state index contributed by atoms with van der Waals surface area (Å²) in [5.74, 6) is 0. The predicted molar refractivity (Wildman–Crippen MR) is 141 cm³/mol. The Morgan fingerprint density at radius 1 is 0.861 bits per heavy atom. The van der Waals surface area contributed by atoms with Crippen molar-refractivity contribution in [3.05, 3.63) is 121 Å². The lowest BCUT2D eigenvalue weighted by Crippen LogP contribution is -3.00. The fraction of sp³-hybridized carbons (Fsp3) is 0.192. The summed E-state index contributed by atoms with van der Waals surface area (Å²) < 4.78 is 10.2. The van der Waals surface area contributed by atoms with Gasteiger partial charge in [-0.1, -0.05) is 82.3 Å². The third-order valence-electron chi connectivity index (χ3n) is 5.56. The van der Waals surface area contributed by atoms with Crippen LogP contribution in [-0.4, -0.2) is 9.67 Å². The molecule has 0 bridgehead atoms. The fourth-order valence-corrected chi connectivity index (χ4v) is 4.86. The zero-order valence-electron chi connectivity index (χ0n) is 18.8. The maximum absolute atomic E-state index is 10.6. The number of ether oxygens (including phenoxy) is 1. The van der Waals surface area contributed by atoms with Crippen molar-refractivity contribution in [3.8, 4) is 0 Å². The molecule has 10 heteroatoms. The van der Waals surface area contributed by atoms with E-state index in [1.807, 2.05) is 46.1 Å². The third-order valence-corrected chi connectivity index (χ3v) is 7.08. The van der Waals surface area contributed by atoms with Crippen molar-refractivity contribution in [2.45, 2.75) is 31.9 Å². The van der Waals surface area contributed by atoms with Crippen LogP contribution in [-0.2, 0) is 24.4 Å². The predicted octanol–water partition coefficient (Wildman–Crippen LogP) is 4.74. The molecule has 1 N–H and O–H groups in total. The lowest BCUT2D eigenvalue weighted by molar-refractivity contribution is -0.704. The minimum Gasteiger partial charge on any atom is -1.00 e. The Kier molecular flexibility index (Phi) is 11.0. The van der Waals surface area contributed by atoms with Crippen molar-refractivity contribution >= 4 is 58.0 Å². The Morgan fingerprint density at radius 2 is 1.53 bits per heavy atom. The van der Waals surface area contributed by atoms with E-state index >= 15 is 0 Å². The number of nitrogens with zero attached hydrogens (tertiary/aromatic N) is 2. The van der Waals surface area contributed by atoms with Gasteiger partial charge in [0.15, 0.2) is 0 Å². The first kappa shape index (κ1) is 29.3. The van der Waals surface area contributed by atoms with Gasteiger partial charge < -0.3 is 26.8 Å². The van der Waals surface area contributed by atoms with E-state index in [9.17, 15) is 5.11 Å². The summed E-state index contributed by atoms with van der Waals surface area (Å²) in [5.41, 5.74) is 2.29. The van der Waals surface area contributed by atoms with Gasteiger partial charge in [0.25, 0.3) is 0 Å². The monoisotopic (exact) mass is 648 g/mol. The molecule has 0 saturated carbocycles. The van der Waals surface area contributed by atoms with E-state index in [0.717, 1.165) is 11.1 Å². The summed E-state index contributed by atoms with van der Waals surface area (Å²) >= 11 is 31.2. The average molecular weight is 652 g/mol. The molecule has 0 aliphatic rings. The van der Waals surface area contributed by atoms with Gasteiger partial charge in [-0.3, -0.25) is 0 Å². The second kappa shape index (κ2) is 13.5. The number of hydrogen-bond acceptors (Lipinski definition) is 2. The van der Waals surface area contributed by atoms with Crippen molar-refractivity contribution in [2.24, 2.45) is 0 Å². The molecule has 0 aliphatic heterocycles. The van der Waals surface area contributed by atoms with Gasteiger partial charge >= 0.3 is 0 Å². The number of aliphatic hydroxyl groups is 1. The van der Waals surface area contributed by atoms with Crippen molar-refractivity contribution < 1.29 is 31.4 Å². The average Bonchev–Trinajstić information content (AvgIpc) is 3.25. The van der Waals surface area contributed by atoms with Gasteiger partial charge in [0.2, 0.25) is 6.33 Å². The molecule has 4 aromatic rings. The van der Waals surface area contributed by atoms with Crippen LogP contribution in [0.3, 0.4) is 0 Å². The molecule has 0 saturated heterocycles. The summed E-state index contributed by atoms with van der Waals surface area (Å²) in [5, 5.41) is 13.4. The number of halogens is 6. The van der Waals surface area contributed by atoms with E-state index < -0.39 is 12.2 Å². The Hall–Kier alpha value is -1.28. The Balaban J connectivity index is 0.00000361. The summed E-state index contributed by atoms with van der Waals surface area (Å²) in [6.07, 6.45) is 4.63. The van der Waals surface area contributed by atoms with Crippen LogP contribution in [0.4, 0.5) is 0 Å². The van der Waals surface area contributed by atoms with Crippen LogP contribution in [0.5, 0.6) is 0 Å². The maximum Gasteiger partial charge on any atom is 0.243 e. The molecule has 0 spiro atoms. The zero-order valence-corrected chi connectivity index (χ0v) is 24.2. The van der Waals surface area contributed by atoms with E-state index in [4.69, 9.17) is 62.7 Å². The topological polar surface area (TPSA) is 38.3 Å². The van der Waals surface area contributed by atoms with Gasteiger partial charge in [-0.2, -0.15) is 0 Å². The Bertz CT molecular complexity index is 1280. The SMILES string of the molecule is OC(C[n+]1ccn(CC(OCc2c(Cl)cccc2Cl)c2ccc(Cl)cc2Cl)c1)c1ccc(Cl)cc1.[Br-]. The number of aliphatic hydroxyl groups excluding tert-OH is 1. The lowest BCUT2D eigenvalue weighted by Gasteiger charge is -2.19.